The molecule has 0 atom stereocenters. The van der Waals surface area contributed by atoms with Crippen LogP contribution in [0.3, 0.4) is 0 Å². The fourth-order valence-electron chi connectivity index (χ4n) is 1.75. The maximum atomic E-state index is 12.5. The molecule has 3 nitrogen and oxygen atoms in total. The molecule has 0 N–H and O–H groups in total. The molecule has 5 heteroatoms. The number of nitrogens with zero attached hydrogens (tertiary/aromatic N) is 1. The Morgan fingerprint density at radius 2 is 2.21 bits per heavy atom. The van der Waals surface area contributed by atoms with Crippen LogP contribution in [-0.2, 0) is 6.54 Å². The summed E-state index contributed by atoms with van der Waals surface area (Å²) in [5.41, 5.74) is 0.626. The number of benzene rings is 1. The van der Waals surface area contributed by atoms with Crippen LogP contribution in [0.15, 0.2) is 41.0 Å². The predicted molar refractivity (Wildman–Crippen MR) is 83.3 cm³/mol. The first-order valence-electron chi connectivity index (χ1n) is 5.88. The number of amides is 1. The average molecular weight is 390 g/mol. The first kappa shape index (κ1) is 14.4. The van der Waals surface area contributed by atoms with Crippen LogP contribution < -0.4 is 0 Å². The highest BCUT2D eigenvalue weighted by Crippen LogP contribution is 2.20. The summed E-state index contributed by atoms with van der Waals surface area (Å²) in [7, 11) is 0. The van der Waals surface area contributed by atoms with Crippen molar-refractivity contribution in [3.63, 3.8) is 0 Å². The summed E-state index contributed by atoms with van der Waals surface area (Å²) in [5, 5.41) is 0.567. The largest absolute Gasteiger partial charge is 0.467 e. The lowest BCUT2D eigenvalue weighted by Crippen LogP contribution is -2.30. The summed E-state index contributed by atoms with van der Waals surface area (Å²) >= 11 is 8.10. The van der Waals surface area contributed by atoms with Crippen molar-refractivity contribution in [2.24, 2.45) is 0 Å². The second-order valence-corrected chi connectivity index (χ2v) is 5.62. The zero-order chi connectivity index (χ0) is 13.8. The van der Waals surface area contributed by atoms with E-state index in [0.717, 1.165) is 9.33 Å². The van der Waals surface area contributed by atoms with Gasteiger partial charge < -0.3 is 9.32 Å². The zero-order valence-corrected chi connectivity index (χ0v) is 13.3. The van der Waals surface area contributed by atoms with E-state index in [9.17, 15) is 4.79 Å². The fourth-order valence-corrected chi connectivity index (χ4v) is 2.49. The summed E-state index contributed by atoms with van der Waals surface area (Å²) in [6.45, 7) is 3.02. The zero-order valence-electron chi connectivity index (χ0n) is 10.4. The van der Waals surface area contributed by atoms with Gasteiger partial charge in [-0.05, 0) is 59.8 Å². The highest BCUT2D eigenvalue weighted by molar-refractivity contribution is 14.1. The van der Waals surface area contributed by atoms with Gasteiger partial charge in [-0.25, -0.2) is 0 Å². The maximum Gasteiger partial charge on any atom is 0.255 e. The normalized spacial score (nSPS) is 10.5. The van der Waals surface area contributed by atoms with Gasteiger partial charge in [-0.3, -0.25) is 4.79 Å². The van der Waals surface area contributed by atoms with Gasteiger partial charge >= 0.3 is 0 Å². The number of furan rings is 1. The van der Waals surface area contributed by atoms with Crippen LogP contribution in [0.2, 0.25) is 5.02 Å². The van der Waals surface area contributed by atoms with Gasteiger partial charge in [0.1, 0.15) is 5.76 Å². The van der Waals surface area contributed by atoms with Crippen LogP contribution in [0.4, 0.5) is 0 Å². The molecule has 1 amide bonds. The first-order chi connectivity index (χ1) is 9.11. The summed E-state index contributed by atoms with van der Waals surface area (Å²) < 4.78 is 6.18. The van der Waals surface area contributed by atoms with Crippen molar-refractivity contribution in [2.75, 3.05) is 6.54 Å². The van der Waals surface area contributed by atoms with E-state index in [4.69, 9.17) is 16.0 Å². The van der Waals surface area contributed by atoms with Gasteiger partial charge in [0.15, 0.2) is 0 Å². The van der Waals surface area contributed by atoms with Crippen LogP contribution in [0, 0.1) is 3.57 Å². The minimum absolute atomic E-state index is 0.0363. The summed E-state index contributed by atoms with van der Waals surface area (Å²) in [4.78, 5) is 14.2. The minimum atomic E-state index is -0.0363. The Kier molecular flexibility index (Phi) is 4.87. The molecule has 19 heavy (non-hydrogen) atoms. The van der Waals surface area contributed by atoms with Gasteiger partial charge in [0, 0.05) is 15.1 Å². The first-order valence-corrected chi connectivity index (χ1v) is 7.34. The molecule has 0 aliphatic carbocycles. The molecule has 0 radical (unpaired) electrons. The Balaban J connectivity index is 2.23. The van der Waals surface area contributed by atoms with E-state index in [2.05, 4.69) is 22.6 Å². The third-order valence-corrected chi connectivity index (χ3v) is 3.93. The standard InChI is InChI=1S/C14H13ClINO2/c1-2-17(9-11-4-3-7-19-11)14(18)12-8-10(15)5-6-13(12)16/h3-8H,2,9H2,1H3. The van der Waals surface area contributed by atoms with Crippen LogP contribution in [0.5, 0.6) is 0 Å². The lowest BCUT2D eigenvalue weighted by Gasteiger charge is -2.20. The van der Waals surface area contributed by atoms with Crippen molar-refractivity contribution >= 4 is 40.1 Å². The van der Waals surface area contributed by atoms with E-state index in [-0.39, 0.29) is 5.91 Å². The molecule has 1 aromatic carbocycles. The third-order valence-electron chi connectivity index (χ3n) is 2.75. The Hall–Kier alpha value is -1.01. The predicted octanol–water partition coefficient (Wildman–Crippen LogP) is 4.20. The molecule has 100 valence electrons. The molecule has 0 spiro atoms. The van der Waals surface area contributed by atoms with Gasteiger partial charge in [-0.15, -0.1) is 0 Å². The molecule has 0 aliphatic rings. The number of halogens is 2. The second kappa shape index (κ2) is 6.43. The Morgan fingerprint density at radius 1 is 1.42 bits per heavy atom. The molecule has 0 aliphatic heterocycles. The molecule has 0 saturated heterocycles. The SMILES string of the molecule is CCN(Cc1ccco1)C(=O)c1cc(Cl)ccc1I. The van der Waals surface area contributed by atoms with Crippen molar-refractivity contribution in [1.29, 1.82) is 0 Å². The van der Waals surface area contributed by atoms with Crippen molar-refractivity contribution in [2.45, 2.75) is 13.5 Å². The summed E-state index contributed by atoms with van der Waals surface area (Å²) in [6.07, 6.45) is 1.61. The molecule has 2 aromatic rings. The topological polar surface area (TPSA) is 33.5 Å². The molecule has 1 aromatic heterocycles. The van der Waals surface area contributed by atoms with Gasteiger partial charge in [0.05, 0.1) is 18.4 Å². The molecule has 0 saturated carbocycles. The molecule has 1 heterocycles. The third kappa shape index (κ3) is 3.51. The van der Waals surface area contributed by atoms with Crippen LogP contribution >= 0.6 is 34.2 Å². The highest BCUT2D eigenvalue weighted by atomic mass is 127. The molecule has 0 unspecified atom stereocenters. The smallest absolute Gasteiger partial charge is 0.255 e. The van der Waals surface area contributed by atoms with Crippen LogP contribution in [-0.4, -0.2) is 17.4 Å². The Bertz CT molecular complexity index is 569. The Labute approximate surface area is 130 Å². The lowest BCUT2D eigenvalue weighted by molar-refractivity contribution is 0.0740. The van der Waals surface area contributed by atoms with Crippen molar-refractivity contribution < 1.29 is 9.21 Å². The second-order valence-electron chi connectivity index (χ2n) is 4.02. The summed E-state index contributed by atoms with van der Waals surface area (Å²) in [6, 6.07) is 9.01. The van der Waals surface area contributed by atoms with E-state index in [1.807, 2.05) is 25.1 Å². The Morgan fingerprint density at radius 3 is 2.84 bits per heavy atom. The number of carbonyl (C=O) groups excluding carboxylic acids is 1. The van der Waals surface area contributed by atoms with Gasteiger partial charge in [-0.1, -0.05) is 11.6 Å². The maximum absolute atomic E-state index is 12.5. The average Bonchev–Trinajstić information content (AvgIpc) is 2.91. The minimum Gasteiger partial charge on any atom is -0.467 e. The molecule has 0 fully saturated rings. The van der Waals surface area contributed by atoms with E-state index >= 15 is 0 Å². The fraction of sp³-hybridized carbons (Fsp3) is 0.214. The number of rotatable bonds is 4. The van der Waals surface area contributed by atoms with Gasteiger partial charge in [-0.2, -0.15) is 0 Å². The monoisotopic (exact) mass is 389 g/mol. The number of carbonyl (C=O) groups is 1. The van der Waals surface area contributed by atoms with Crippen molar-refractivity contribution in [3.05, 3.63) is 56.5 Å². The van der Waals surface area contributed by atoms with Gasteiger partial charge in [0.2, 0.25) is 0 Å². The van der Waals surface area contributed by atoms with Crippen LogP contribution in [0.25, 0.3) is 0 Å². The number of hydrogen-bond donors (Lipinski definition) is 0. The van der Waals surface area contributed by atoms with Crippen LogP contribution in [0.1, 0.15) is 23.0 Å². The van der Waals surface area contributed by atoms with Crippen molar-refractivity contribution in [1.82, 2.24) is 4.90 Å². The van der Waals surface area contributed by atoms with Gasteiger partial charge in [0.25, 0.3) is 5.91 Å². The van der Waals surface area contributed by atoms with Crippen molar-refractivity contribution in [3.8, 4) is 0 Å². The molecule has 2 rings (SSSR count). The highest BCUT2D eigenvalue weighted by Gasteiger charge is 2.18. The molecular weight excluding hydrogens is 377 g/mol. The molecular formula is C14H13ClINO2. The summed E-state index contributed by atoms with van der Waals surface area (Å²) in [5.74, 6) is 0.734. The van der Waals surface area contributed by atoms with E-state index in [1.165, 1.54) is 0 Å². The van der Waals surface area contributed by atoms with E-state index in [1.54, 1.807) is 23.3 Å². The quantitative estimate of drug-likeness (QED) is 0.734. The number of hydrogen-bond acceptors (Lipinski definition) is 2. The van der Waals surface area contributed by atoms with E-state index in [0.29, 0.717) is 23.7 Å². The van der Waals surface area contributed by atoms with E-state index < -0.39 is 0 Å². The molecule has 0 bridgehead atoms. The lowest BCUT2D eigenvalue weighted by atomic mass is 10.2.